The Balaban J connectivity index is 2.49. The summed E-state index contributed by atoms with van der Waals surface area (Å²) in [7, 11) is 1.77. The van der Waals surface area contributed by atoms with Crippen molar-refractivity contribution >= 4 is 17.3 Å². The van der Waals surface area contributed by atoms with Crippen molar-refractivity contribution in [2.45, 2.75) is 38.6 Å². The predicted octanol–water partition coefficient (Wildman–Crippen LogP) is 3.31. The Morgan fingerprint density at radius 1 is 1.38 bits per heavy atom. The van der Waals surface area contributed by atoms with Crippen molar-refractivity contribution in [3.8, 4) is 0 Å². The van der Waals surface area contributed by atoms with Gasteiger partial charge >= 0.3 is 5.97 Å². The molecule has 1 fully saturated rings. The maximum Gasteiger partial charge on any atom is 0.338 e. The lowest BCUT2D eigenvalue weighted by Crippen LogP contribution is -2.40. The van der Waals surface area contributed by atoms with E-state index in [0.717, 1.165) is 25.7 Å². The molecule has 2 atom stereocenters. The highest BCUT2D eigenvalue weighted by atomic mass is 16.6. The molecule has 0 heterocycles. The molecule has 1 saturated carbocycles. The zero-order chi connectivity index (χ0) is 15.6. The smallest absolute Gasteiger partial charge is 0.338 e. The third-order valence-electron chi connectivity index (χ3n) is 4.36. The Morgan fingerprint density at radius 3 is 2.62 bits per heavy atom. The van der Waals surface area contributed by atoms with Crippen LogP contribution in [0.3, 0.4) is 0 Å². The Kier molecular flexibility index (Phi) is 4.45. The molecule has 1 aliphatic carbocycles. The number of nitrogens with zero attached hydrogens (tertiary/aromatic N) is 2. The Bertz CT molecular complexity index is 526. The molecule has 0 aromatic heterocycles. The van der Waals surface area contributed by atoms with Gasteiger partial charge in [-0.3, -0.25) is 10.1 Å². The molecule has 0 bridgehead atoms. The topological polar surface area (TPSA) is 83.7 Å². The second kappa shape index (κ2) is 6.11. The van der Waals surface area contributed by atoms with E-state index in [-0.39, 0.29) is 23.0 Å². The van der Waals surface area contributed by atoms with Crippen LogP contribution in [0.4, 0.5) is 11.4 Å². The zero-order valence-corrected chi connectivity index (χ0v) is 12.3. The molecule has 0 spiro atoms. The highest BCUT2D eigenvalue weighted by Gasteiger charge is 2.32. The van der Waals surface area contributed by atoms with Gasteiger partial charge in [-0.25, -0.2) is 4.79 Å². The second-order valence-electron chi connectivity index (χ2n) is 5.68. The molecule has 1 aliphatic rings. The lowest BCUT2D eigenvalue weighted by Gasteiger charge is -2.37. The number of aromatic carboxylic acids is 1. The molecule has 1 aromatic rings. The maximum atomic E-state index is 11.4. The minimum atomic E-state index is -1.14. The summed E-state index contributed by atoms with van der Waals surface area (Å²) in [4.78, 5) is 24.0. The number of rotatable bonds is 4. The molecule has 0 aliphatic heterocycles. The van der Waals surface area contributed by atoms with E-state index < -0.39 is 10.9 Å². The molecule has 2 rings (SSSR count). The van der Waals surface area contributed by atoms with E-state index in [0.29, 0.717) is 5.92 Å². The van der Waals surface area contributed by atoms with Gasteiger partial charge in [-0.2, -0.15) is 0 Å². The van der Waals surface area contributed by atoms with Crippen molar-refractivity contribution in [3.63, 3.8) is 0 Å². The average molecular weight is 292 g/mol. The predicted molar refractivity (Wildman–Crippen MR) is 79.9 cm³/mol. The fraction of sp³-hybridized carbons (Fsp3) is 0.533. The molecule has 0 saturated heterocycles. The fourth-order valence-corrected chi connectivity index (χ4v) is 3.26. The van der Waals surface area contributed by atoms with Gasteiger partial charge in [-0.15, -0.1) is 0 Å². The summed E-state index contributed by atoms with van der Waals surface area (Å²) in [6.07, 6.45) is 4.23. The van der Waals surface area contributed by atoms with Crippen LogP contribution in [0.2, 0.25) is 0 Å². The molecule has 0 radical (unpaired) electrons. The number of nitro groups is 1. The molecule has 6 heteroatoms. The molecule has 1 aromatic carbocycles. The normalized spacial score (nSPS) is 21.8. The molecular weight excluding hydrogens is 272 g/mol. The number of carboxylic acid groups (broad SMARTS) is 1. The van der Waals surface area contributed by atoms with Crippen molar-refractivity contribution in [3.05, 3.63) is 33.9 Å². The zero-order valence-electron chi connectivity index (χ0n) is 12.3. The van der Waals surface area contributed by atoms with Crippen molar-refractivity contribution in [1.29, 1.82) is 0 Å². The molecule has 1 N–H and O–H groups in total. The lowest BCUT2D eigenvalue weighted by molar-refractivity contribution is -0.384. The van der Waals surface area contributed by atoms with Crippen LogP contribution in [-0.2, 0) is 0 Å². The van der Waals surface area contributed by atoms with E-state index in [1.54, 1.807) is 11.9 Å². The quantitative estimate of drug-likeness (QED) is 0.680. The standard InChI is InChI=1S/C15H20N2O4/c1-10-6-3-4-8-12(10)16(2)14-11(15(18)19)7-5-9-13(14)17(20)21/h5,7,9-10,12H,3-4,6,8H2,1-2H3,(H,18,19). The van der Waals surface area contributed by atoms with Crippen LogP contribution < -0.4 is 4.90 Å². The second-order valence-corrected chi connectivity index (χ2v) is 5.68. The van der Waals surface area contributed by atoms with Crippen molar-refractivity contribution < 1.29 is 14.8 Å². The summed E-state index contributed by atoms with van der Waals surface area (Å²) < 4.78 is 0. The fourth-order valence-electron chi connectivity index (χ4n) is 3.26. The molecular formula is C15H20N2O4. The van der Waals surface area contributed by atoms with Crippen LogP contribution in [0.5, 0.6) is 0 Å². The first-order chi connectivity index (χ1) is 9.93. The average Bonchev–Trinajstić information content (AvgIpc) is 2.46. The van der Waals surface area contributed by atoms with Gasteiger partial charge in [0.05, 0.1) is 10.5 Å². The highest BCUT2D eigenvalue weighted by molar-refractivity contribution is 5.97. The van der Waals surface area contributed by atoms with Gasteiger partial charge in [-0.1, -0.05) is 25.8 Å². The van der Waals surface area contributed by atoms with Gasteiger partial charge in [0.25, 0.3) is 5.69 Å². The van der Waals surface area contributed by atoms with Crippen molar-refractivity contribution in [2.75, 3.05) is 11.9 Å². The first kappa shape index (κ1) is 15.3. The third-order valence-corrected chi connectivity index (χ3v) is 4.36. The Morgan fingerprint density at radius 2 is 2.05 bits per heavy atom. The number of nitro benzene ring substituents is 1. The van der Waals surface area contributed by atoms with E-state index in [9.17, 15) is 20.0 Å². The van der Waals surface area contributed by atoms with Crippen LogP contribution in [-0.4, -0.2) is 29.1 Å². The number of benzene rings is 1. The van der Waals surface area contributed by atoms with Gasteiger partial charge in [0.1, 0.15) is 5.69 Å². The summed E-state index contributed by atoms with van der Waals surface area (Å²) in [6.45, 7) is 2.12. The first-order valence-electron chi connectivity index (χ1n) is 7.17. The minimum Gasteiger partial charge on any atom is -0.478 e. The van der Waals surface area contributed by atoms with Crippen LogP contribution in [0.25, 0.3) is 0 Å². The number of carbonyl (C=O) groups is 1. The monoisotopic (exact) mass is 292 g/mol. The lowest BCUT2D eigenvalue weighted by atomic mass is 9.84. The molecule has 0 amide bonds. The van der Waals surface area contributed by atoms with E-state index in [4.69, 9.17) is 0 Å². The Labute approximate surface area is 123 Å². The molecule has 21 heavy (non-hydrogen) atoms. The number of para-hydroxylation sites is 1. The number of carboxylic acids is 1. The van der Waals surface area contributed by atoms with Crippen LogP contribution in [0.15, 0.2) is 18.2 Å². The Hall–Kier alpha value is -2.11. The van der Waals surface area contributed by atoms with Crippen molar-refractivity contribution in [1.82, 2.24) is 0 Å². The summed E-state index contributed by atoms with van der Waals surface area (Å²) in [5, 5.41) is 20.6. The van der Waals surface area contributed by atoms with Gasteiger partial charge < -0.3 is 10.0 Å². The molecule has 114 valence electrons. The SMILES string of the molecule is CC1CCCCC1N(C)c1c(C(=O)O)cccc1[N+](=O)[O-]. The molecule has 2 unspecified atom stereocenters. The summed E-state index contributed by atoms with van der Waals surface area (Å²) in [6, 6.07) is 4.35. The largest absolute Gasteiger partial charge is 0.478 e. The highest BCUT2D eigenvalue weighted by Crippen LogP contribution is 2.37. The first-order valence-corrected chi connectivity index (χ1v) is 7.17. The summed E-state index contributed by atoms with van der Waals surface area (Å²) >= 11 is 0. The van der Waals surface area contributed by atoms with Crippen molar-refractivity contribution in [2.24, 2.45) is 5.92 Å². The maximum absolute atomic E-state index is 11.4. The van der Waals surface area contributed by atoms with E-state index in [2.05, 4.69) is 6.92 Å². The van der Waals surface area contributed by atoms with Crippen LogP contribution >= 0.6 is 0 Å². The molecule has 6 nitrogen and oxygen atoms in total. The minimum absolute atomic E-state index is 0.00975. The van der Waals surface area contributed by atoms with Crippen LogP contribution in [0, 0.1) is 16.0 Å². The number of hydrogen-bond acceptors (Lipinski definition) is 4. The van der Waals surface area contributed by atoms with Gasteiger partial charge in [0, 0.05) is 19.2 Å². The van der Waals surface area contributed by atoms with E-state index in [1.807, 2.05) is 0 Å². The van der Waals surface area contributed by atoms with Gasteiger partial charge in [0.15, 0.2) is 0 Å². The summed E-state index contributed by atoms with van der Waals surface area (Å²) in [5.41, 5.74) is 0.0633. The number of hydrogen-bond donors (Lipinski definition) is 1. The van der Waals surface area contributed by atoms with Gasteiger partial charge in [-0.05, 0) is 24.8 Å². The van der Waals surface area contributed by atoms with Crippen LogP contribution in [0.1, 0.15) is 43.0 Å². The van der Waals surface area contributed by atoms with Gasteiger partial charge in [0.2, 0.25) is 0 Å². The summed E-state index contributed by atoms with van der Waals surface area (Å²) in [5.74, 6) is -0.741. The third kappa shape index (κ3) is 2.99. The number of anilines is 1. The van der Waals surface area contributed by atoms with E-state index in [1.165, 1.54) is 18.2 Å². The van der Waals surface area contributed by atoms with E-state index >= 15 is 0 Å².